The molecule has 2 aliphatic rings. The molecule has 1 aliphatic carbocycles. The second kappa shape index (κ2) is 8.60. The van der Waals surface area contributed by atoms with Crippen molar-refractivity contribution in [3.8, 4) is 0 Å². The number of hydrogen-bond donors (Lipinski definition) is 2. The highest BCUT2D eigenvalue weighted by molar-refractivity contribution is 7.89. The Morgan fingerprint density at radius 2 is 1.86 bits per heavy atom. The number of aromatic amines is 1. The van der Waals surface area contributed by atoms with Crippen molar-refractivity contribution in [3.63, 3.8) is 0 Å². The van der Waals surface area contributed by atoms with Crippen LogP contribution in [0, 0.1) is 11.6 Å². The van der Waals surface area contributed by atoms with Crippen LogP contribution in [-0.2, 0) is 22.0 Å². The Kier molecular flexibility index (Phi) is 5.92. The molecule has 2 atom stereocenters. The highest BCUT2D eigenvalue weighted by Crippen LogP contribution is 2.54. The maximum absolute atomic E-state index is 15.5. The number of benzene rings is 2. The molecule has 11 heteroatoms. The maximum atomic E-state index is 15.5. The summed E-state index contributed by atoms with van der Waals surface area (Å²) in [5, 5.41) is 15.5. The second-order valence-corrected chi connectivity index (χ2v) is 12.3. The van der Waals surface area contributed by atoms with Gasteiger partial charge < -0.3 is 9.52 Å². The van der Waals surface area contributed by atoms with E-state index in [2.05, 4.69) is 10.2 Å². The summed E-state index contributed by atoms with van der Waals surface area (Å²) >= 11 is 0. The molecule has 192 valence electrons. The van der Waals surface area contributed by atoms with Gasteiger partial charge in [0, 0.05) is 23.7 Å². The van der Waals surface area contributed by atoms with Gasteiger partial charge >= 0.3 is 5.76 Å². The summed E-state index contributed by atoms with van der Waals surface area (Å²) in [5.41, 5.74) is -2.05. The standard InChI is InChI=1S/C25H27F2N3O5S/c1-15-8-9-21(16-6-4-3-5-7-16)36(33,34)30(15)12-17-10-20(27)18(11-19(17)26)25(13-24(2,32)14-25)22-28-29-23(31)35-22/h3-7,10-11,15,21,32H,8-9,12-14H2,1-2H3,(H,29,31)/t15-,21+,24?,25?/m0/s1. The van der Waals surface area contributed by atoms with Crippen molar-refractivity contribution in [2.24, 2.45) is 0 Å². The zero-order valence-electron chi connectivity index (χ0n) is 19.9. The normalized spacial score (nSPS) is 30.1. The van der Waals surface area contributed by atoms with Crippen molar-refractivity contribution in [1.29, 1.82) is 0 Å². The maximum Gasteiger partial charge on any atom is 0.434 e. The fourth-order valence-corrected chi connectivity index (χ4v) is 7.92. The smallest absolute Gasteiger partial charge is 0.391 e. The van der Waals surface area contributed by atoms with E-state index in [9.17, 15) is 18.3 Å². The number of hydrogen-bond acceptors (Lipinski definition) is 6. The zero-order valence-corrected chi connectivity index (χ0v) is 20.7. The second-order valence-electron chi connectivity index (χ2n) is 10.2. The van der Waals surface area contributed by atoms with Crippen LogP contribution < -0.4 is 5.76 Å². The van der Waals surface area contributed by atoms with Gasteiger partial charge in [-0.1, -0.05) is 30.3 Å². The third-order valence-corrected chi connectivity index (χ3v) is 9.76. The molecule has 3 aromatic rings. The van der Waals surface area contributed by atoms with Crippen LogP contribution in [0.25, 0.3) is 0 Å². The Morgan fingerprint density at radius 1 is 1.17 bits per heavy atom. The van der Waals surface area contributed by atoms with Crippen LogP contribution in [0.15, 0.2) is 51.7 Å². The molecule has 1 saturated carbocycles. The molecule has 2 N–H and O–H groups in total. The quantitative estimate of drug-likeness (QED) is 0.533. The molecule has 1 saturated heterocycles. The lowest BCUT2D eigenvalue weighted by Crippen LogP contribution is -2.54. The van der Waals surface area contributed by atoms with E-state index in [0.29, 0.717) is 18.4 Å². The monoisotopic (exact) mass is 519 g/mol. The minimum atomic E-state index is -3.83. The average Bonchev–Trinajstić information content (AvgIpc) is 3.23. The molecule has 36 heavy (non-hydrogen) atoms. The molecule has 0 radical (unpaired) electrons. The van der Waals surface area contributed by atoms with E-state index in [0.717, 1.165) is 12.1 Å². The van der Waals surface area contributed by atoms with Gasteiger partial charge in [-0.3, -0.25) is 0 Å². The summed E-state index contributed by atoms with van der Waals surface area (Å²) in [4.78, 5) is 11.5. The summed E-state index contributed by atoms with van der Waals surface area (Å²) in [6.07, 6.45) is 0.966. The molecule has 2 aromatic carbocycles. The Bertz CT molecular complexity index is 1440. The van der Waals surface area contributed by atoms with E-state index in [-0.39, 0.29) is 42.4 Å². The van der Waals surface area contributed by atoms with E-state index in [1.54, 1.807) is 44.2 Å². The van der Waals surface area contributed by atoms with Crippen LogP contribution in [0.2, 0.25) is 0 Å². The van der Waals surface area contributed by atoms with Gasteiger partial charge in [0.1, 0.15) is 16.9 Å². The molecule has 2 fully saturated rings. The Labute approximate surface area is 207 Å². The predicted octanol–water partition coefficient (Wildman–Crippen LogP) is 3.53. The first kappa shape index (κ1) is 24.8. The third-order valence-electron chi connectivity index (χ3n) is 7.39. The van der Waals surface area contributed by atoms with Gasteiger partial charge in [0.05, 0.1) is 11.0 Å². The van der Waals surface area contributed by atoms with Gasteiger partial charge in [-0.15, -0.1) is 5.10 Å². The largest absolute Gasteiger partial charge is 0.434 e. The number of H-pyrrole nitrogens is 1. The average molecular weight is 520 g/mol. The number of nitrogens with zero attached hydrogens (tertiary/aromatic N) is 2. The van der Waals surface area contributed by atoms with Crippen LogP contribution in [0.3, 0.4) is 0 Å². The summed E-state index contributed by atoms with van der Waals surface area (Å²) in [7, 11) is -3.83. The Morgan fingerprint density at radius 3 is 2.47 bits per heavy atom. The van der Waals surface area contributed by atoms with Gasteiger partial charge in [-0.05, 0) is 57.2 Å². The predicted molar refractivity (Wildman–Crippen MR) is 126 cm³/mol. The minimum absolute atomic E-state index is 0.0280. The molecule has 0 unspecified atom stereocenters. The molecular formula is C25H27F2N3O5S. The molecule has 0 amide bonds. The lowest BCUT2D eigenvalue weighted by molar-refractivity contribution is -0.0705. The molecule has 0 spiro atoms. The SMILES string of the molecule is C[C@H]1CC[C@H](c2ccccc2)S(=O)(=O)N1Cc1cc(F)c(C2(c3n[nH]c(=O)o3)CC(C)(O)C2)cc1F. The fourth-order valence-electron chi connectivity index (χ4n) is 5.74. The number of aromatic nitrogens is 2. The zero-order chi connectivity index (χ0) is 25.9. The third kappa shape index (κ3) is 4.08. The fraction of sp³-hybridized carbons (Fsp3) is 0.440. The van der Waals surface area contributed by atoms with Gasteiger partial charge in [-0.2, -0.15) is 4.31 Å². The molecule has 2 heterocycles. The van der Waals surface area contributed by atoms with Gasteiger partial charge in [0.25, 0.3) is 0 Å². The summed E-state index contributed by atoms with van der Waals surface area (Å²) in [6, 6.07) is 10.5. The number of rotatable bonds is 5. The van der Waals surface area contributed by atoms with Gasteiger partial charge in [0.15, 0.2) is 0 Å². The number of sulfonamides is 1. The first-order valence-electron chi connectivity index (χ1n) is 11.8. The van der Waals surface area contributed by atoms with Crippen molar-refractivity contribution in [3.05, 3.63) is 87.2 Å². The van der Waals surface area contributed by atoms with Crippen molar-refractivity contribution >= 4 is 10.0 Å². The van der Waals surface area contributed by atoms with Crippen LogP contribution in [-0.4, -0.2) is 39.7 Å². The van der Waals surface area contributed by atoms with E-state index in [1.807, 2.05) is 0 Å². The topological polar surface area (TPSA) is 116 Å². The van der Waals surface area contributed by atoms with Crippen molar-refractivity contribution in [2.75, 3.05) is 0 Å². The first-order valence-corrected chi connectivity index (χ1v) is 13.3. The molecular weight excluding hydrogens is 492 g/mol. The molecule has 8 nitrogen and oxygen atoms in total. The summed E-state index contributed by atoms with van der Waals surface area (Å²) in [5.74, 6) is -2.57. The van der Waals surface area contributed by atoms with Gasteiger partial charge in [0.2, 0.25) is 15.9 Å². The van der Waals surface area contributed by atoms with Crippen molar-refractivity contribution in [1.82, 2.24) is 14.5 Å². The Hall–Kier alpha value is -2.89. The summed E-state index contributed by atoms with van der Waals surface area (Å²) < 4.78 is 64.2. The number of halogens is 2. The van der Waals surface area contributed by atoms with Crippen LogP contribution in [0.5, 0.6) is 0 Å². The highest BCUT2D eigenvalue weighted by Gasteiger charge is 2.58. The lowest BCUT2D eigenvalue weighted by Gasteiger charge is -2.49. The molecule has 5 rings (SSSR count). The van der Waals surface area contributed by atoms with E-state index >= 15 is 8.78 Å². The number of aliphatic hydroxyl groups is 1. The van der Waals surface area contributed by atoms with E-state index in [1.165, 1.54) is 4.31 Å². The van der Waals surface area contributed by atoms with Crippen LogP contribution in [0.4, 0.5) is 8.78 Å². The van der Waals surface area contributed by atoms with Crippen LogP contribution in [0.1, 0.15) is 67.4 Å². The lowest BCUT2D eigenvalue weighted by atomic mass is 9.56. The van der Waals surface area contributed by atoms with E-state index in [4.69, 9.17) is 4.42 Å². The van der Waals surface area contributed by atoms with E-state index < -0.39 is 43.7 Å². The number of nitrogens with one attached hydrogen (secondary N) is 1. The molecule has 0 bridgehead atoms. The van der Waals surface area contributed by atoms with Crippen molar-refractivity contribution < 1.29 is 26.7 Å². The Balaban J connectivity index is 1.49. The van der Waals surface area contributed by atoms with Crippen molar-refractivity contribution in [2.45, 2.75) is 68.4 Å². The van der Waals surface area contributed by atoms with Crippen LogP contribution >= 0.6 is 0 Å². The van der Waals surface area contributed by atoms with Gasteiger partial charge in [-0.25, -0.2) is 27.1 Å². The molecule has 1 aromatic heterocycles. The highest BCUT2D eigenvalue weighted by atomic mass is 32.2. The summed E-state index contributed by atoms with van der Waals surface area (Å²) in [6.45, 7) is 2.98. The molecule has 1 aliphatic heterocycles. The minimum Gasteiger partial charge on any atom is -0.391 e. The first-order chi connectivity index (χ1) is 16.9.